The summed E-state index contributed by atoms with van der Waals surface area (Å²) in [4.78, 5) is 20.7. The molecule has 0 bridgehead atoms. The molecule has 5 rings (SSSR count). The number of hydrogen-bond donors (Lipinski definition) is 2. The molecule has 2 N–H and O–H groups in total. The lowest BCUT2D eigenvalue weighted by Crippen LogP contribution is -2.21. The van der Waals surface area contributed by atoms with Crippen molar-refractivity contribution in [3.63, 3.8) is 0 Å². The molecule has 0 saturated carbocycles. The summed E-state index contributed by atoms with van der Waals surface area (Å²) in [5, 5.41) is 12.7. The third kappa shape index (κ3) is 3.85. The van der Waals surface area contributed by atoms with E-state index in [2.05, 4.69) is 41.3 Å². The summed E-state index contributed by atoms with van der Waals surface area (Å²) in [6.45, 7) is 9.89. The molecule has 0 amide bonds. The predicted molar refractivity (Wildman–Crippen MR) is 140 cm³/mol. The second kappa shape index (κ2) is 9.11. The first kappa shape index (κ1) is 22.4. The summed E-state index contributed by atoms with van der Waals surface area (Å²) in [5.74, 6) is -0.250. The molecule has 1 aliphatic rings. The van der Waals surface area contributed by atoms with Crippen LogP contribution in [0.25, 0.3) is 40.4 Å². The number of aromatic hydroxyl groups is 1. The molecule has 5 nitrogen and oxygen atoms in total. The fraction of sp³-hybridized carbons (Fsp3) is 0.133. The average Bonchev–Trinajstić information content (AvgIpc) is 3.36. The Kier molecular flexibility index (Phi) is 5.83. The molecule has 0 radical (unpaired) electrons. The number of hydrogen-bond acceptors (Lipinski definition) is 4. The number of nitrogens with one attached hydrogen (secondary N) is 1. The van der Waals surface area contributed by atoms with Crippen molar-refractivity contribution in [1.29, 1.82) is 0 Å². The standard InChI is InChI=1S/C30H26N2O3/c1-4-11-20-16-21(23-15-10-9-14-22(20)23)17-24-28(33)27-26(19-12-7-6-8-13-19)25(30(34)35-5-2)18(3)31-29(27)32-24/h4,6-10,12-17,20,33H,1,3,5,11H2,2H3,(H,31,32). The van der Waals surface area contributed by atoms with Crippen LogP contribution in [0.3, 0.4) is 0 Å². The first-order valence-corrected chi connectivity index (χ1v) is 11.6. The van der Waals surface area contributed by atoms with Crippen molar-refractivity contribution in [3.05, 3.63) is 101 Å². The van der Waals surface area contributed by atoms with Crippen LogP contribution in [-0.2, 0) is 4.74 Å². The van der Waals surface area contributed by atoms with Crippen LogP contribution in [0.2, 0.25) is 0 Å². The quantitative estimate of drug-likeness (QED) is 0.310. The van der Waals surface area contributed by atoms with Gasteiger partial charge < -0.3 is 14.8 Å². The van der Waals surface area contributed by atoms with E-state index in [9.17, 15) is 9.90 Å². The van der Waals surface area contributed by atoms with Crippen LogP contribution in [0.4, 0.5) is 0 Å². The zero-order valence-corrected chi connectivity index (χ0v) is 19.5. The summed E-state index contributed by atoms with van der Waals surface area (Å²) >= 11 is 0. The summed E-state index contributed by atoms with van der Waals surface area (Å²) < 4.78 is 5.31. The van der Waals surface area contributed by atoms with Crippen molar-refractivity contribution in [1.82, 2.24) is 9.97 Å². The lowest BCUT2D eigenvalue weighted by molar-refractivity contribution is 0.0525. The SMILES string of the molecule is C=CCC1C=C(C=c2[nH]c3nc(=C)c(C(=O)OCC)c(-c4ccccc4)c3c2O)c2ccccc21. The fourth-order valence-corrected chi connectivity index (χ4v) is 4.83. The molecule has 2 aromatic heterocycles. The van der Waals surface area contributed by atoms with E-state index in [0.717, 1.165) is 23.1 Å². The third-order valence-corrected chi connectivity index (χ3v) is 6.33. The predicted octanol–water partition coefficient (Wildman–Crippen LogP) is 5.06. The Labute approximate surface area is 203 Å². The molecule has 2 heterocycles. The maximum absolute atomic E-state index is 12.9. The van der Waals surface area contributed by atoms with E-state index >= 15 is 0 Å². The van der Waals surface area contributed by atoms with E-state index < -0.39 is 5.97 Å². The van der Waals surface area contributed by atoms with Crippen molar-refractivity contribution in [2.75, 3.05) is 6.61 Å². The number of carbonyl (C=O) groups excluding carboxylic acids is 1. The van der Waals surface area contributed by atoms with Crippen molar-refractivity contribution < 1.29 is 14.6 Å². The molecule has 0 aliphatic heterocycles. The van der Waals surface area contributed by atoms with E-state index in [1.807, 2.05) is 54.6 Å². The number of rotatable bonds is 6. The number of aromatic amines is 1. The van der Waals surface area contributed by atoms with Gasteiger partial charge in [0.15, 0.2) is 5.75 Å². The van der Waals surface area contributed by atoms with Gasteiger partial charge in [0.1, 0.15) is 5.65 Å². The van der Waals surface area contributed by atoms with Gasteiger partial charge >= 0.3 is 5.97 Å². The molecule has 5 heteroatoms. The van der Waals surface area contributed by atoms with Crippen LogP contribution >= 0.6 is 0 Å². The maximum atomic E-state index is 12.9. The lowest BCUT2D eigenvalue weighted by atomic mass is 9.97. The Morgan fingerprint density at radius 2 is 1.91 bits per heavy atom. The van der Waals surface area contributed by atoms with Crippen molar-refractivity contribution in [3.8, 4) is 16.9 Å². The summed E-state index contributed by atoms with van der Waals surface area (Å²) in [7, 11) is 0. The monoisotopic (exact) mass is 462 g/mol. The van der Waals surface area contributed by atoms with E-state index in [0.29, 0.717) is 27.3 Å². The Morgan fingerprint density at radius 1 is 1.17 bits per heavy atom. The van der Waals surface area contributed by atoms with Gasteiger partial charge in [-0.25, -0.2) is 9.78 Å². The van der Waals surface area contributed by atoms with Crippen LogP contribution in [0.5, 0.6) is 5.75 Å². The number of H-pyrrole nitrogens is 1. The second-order valence-corrected chi connectivity index (χ2v) is 8.49. The molecule has 0 saturated heterocycles. The molecule has 1 aliphatic carbocycles. The number of fused-ring (bicyclic) bond motifs is 2. The van der Waals surface area contributed by atoms with Crippen LogP contribution in [0.15, 0.2) is 73.3 Å². The number of pyridine rings is 1. The second-order valence-electron chi connectivity index (χ2n) is 8.49. The van der Waals surface area contributed by atoms with E-state index in [4.69, 9.17) is 4.74 Å². The van der Waals surface area contributed by atoms with Gasteiger partial charge in [-0.1, -0.05) is 73.3 Å². The molecular formula is C30H26N2O3. The highest BCUT2D eigenvalue weighted by atomic mass is 16.5. The highest BCUT2D eigenvalue weighted by Gasteiger charge is 2.25. The average molecular weight is 463 g/mol. The number of aromatic nitrogens is 2. The smallest absolute Gasteiger partial charge is 0.340 e. The lowest BCUT2D eigenvalue weighted by Gasteiger charge is -2.11. The molecular weight excluding hydrogens is 436 g/mol. The summed E-state index contributed by atoms with van der Waals surface area (Å²) in [5.41, 5.74) is 5.41. The minimum atomic E-state index is -0.517. The van der Waals surface area contributed by atoms with Crippen molar-refractivity contribution >= 4 is 35.2 Å². The Bertz CT molecular complexity index is 1600. The van der Waals surface area contributed by atoms with E-state index in [-0.39, 0.29) is 23.8 Å². The highest BCUT2D eigenvalue weighted by molar-refractivity contribution is 6.09. The first-order chi connectivity index (χ1) is 17.0. The van der Waals surface area contributed by atoms with Crippen LogP contribution in [0, 0.1) is 0 Å². The van der Waals surface area contributed by atoms with Gasteiger partial charge in [-0.2, -0.15) is 0 Å². The Morgan fingerprint density at radius 3 is 2.66 bits per heavy atom. The van der Waals surface area contributed by atoms with Gasteiger partial charge in [-0.05, 0) is 41.7 Å². The number of esters is 1. The molecule has 1 atom stereocenters. The number of ether oxygens (including phenoxy) is 1. The van der Waals surface area contributed by atoms with Crippen molar-refractivity contribution in [2.45, 2.75) is 19.3 Å². The van der Waals surface area contributed by atoms with E-state index in [1.54, 1.807) is 6.92 Å². The van der Waals surface area contributed by atoms with Crippen LogP contribution in [0.1, 0.15) is 40.7 Å². The largest absolute Gasteiger partial charge is 0.505 e. The Hall–Kier alpha value is -4.38. The third-order valence-electron chi connectivity index (χ3n) is 6.33. The highest BCUT2D eigenvalue weighted by Crippen LogP contribution is 2.39. The molecule has 1 unspecified atom stereocenters. The van der Waals surface area contributed by atoms with Crippen molar-refractivity contribution in [2.24, 2.45) is 0 Å². The van der Waals surface area contributed by atoms with Gasteiger partial charge in [0.05, 0.1) is 28.3 Å². The Balaban J connectivity index is 1.78. The van der Waals surface area contributed by atoms with Crippen LogP contribution < -0.4 is 10.7 Å². The first-order valence-electron chi connectivity index (χ1n) is 11.6. The molecule has 4 aromatic rings. The molecule has 0 spiro atoms. The molecule has 0 fully saturated rings. The molecule has 2 aromatic carbocycles. The number of nitrogens with zero attached hydrogens (tertiary/aromatic N) is 1. The number of benzene rings is 2. The summed E-state index contributed by atoms with van der Waals surface area (Å²) in [6.07, 6.45) is 6.88. The van der Waals surface area contributed by atoms with Crippen LogP contribution in [-0.4, -0.2) is 27.7 Å². The normalized spacial score (nSPS) is 15.2. The zero-order chi connectivity index (χ0) is 24.5. The van der Waals surface area contributed by atoms with Gasteiger partial charge in [0.2, 0.25) is 0 Å². The van der Waals surface area contributed by atoms with Gasteiger partial charge in [-0.15, -0.1) is 6.58 Å². The van der Waals surface area contributed by atoms with Gasteiger partial charge in [-0.3, -0.25) is 0 Å². The summed E-state index contributed by atoms with van der Waals surface area (Å²) in [6, 6.07) is 17.7. The van der Waals surface area contributed by atoms with Gasteiger partial charge in [0.25, 0.3) is 0 Å². The topological polar surface area (TPSA) is 75.2 Å². The van der Waals surface area contributed by atoms with Gasteiger partial charge in [0, 0.05) is 11.5 Å². The minimum Gasteiger partial charge on any atom is -0.505 e. The molecule has 174 valence electrons. The maximum Gasteiger partial charge on any atom is 0.340 e. The molecule has 35 heavy (non-hydrogen) atoms. The number of carbonyl (C=O) groups is 1. The zero-order valence-electron chi connectivity index (χ0n) is 19.5. The van der Waals surface area contributed by atoms with E-state index in [1.165, 1.54) is 5.56 Å². The number of allylic oxidation sites excluding steroid dienone is 3. The minimum absolute atomic E-state index is 0.0300. The fourth-order valence-electron chi connectivity index (χ4n) is 4.83.